The molecule has 1 aliphatic rings. The van der Waals surface area contributed by atoms with Crippen molar-refractivity contribution < 1.29 is 13.9 Å². The summed E-state index contributed by atoms with van der Waals surface area (Å²) in [6.45, 7) is 0. The van der Waals surface area contributed by atoms with Gasteiger partial charge in [0.1, 0.15) is 17.7 Å². The number of halogens is 2. The maximum atomic E-state index is 13.2. The fourth-order valence-corrected chi connectivity index (χ4v) is 2.46. The quantitative estimate of drug-likeness (QED) is 0.781. The number of carbonyl (C=O) groups excluding carboxylic acids is 1. The average Bonchev–Trinajstić information content (AvgIpc) is 2.38. The Hall–Kier alpha value is -1.87. The zero-order chi connectivity index (χ0) is 13.4. The predicted molar refractivity (Wildman–Crippen MR) is 70.2 cm³/mol. The monoisotopic (exact) mass is 276 g/mol. The van der Waals surface area contributed by atoms with Gasteiger partial charge in [0.05, 0.1) is 12.0 Å². The number of ether oxygens (including phenoxy) is 1. The van der Waals surface area contributed by atoms with E-state index in [0.29, 0.717) is 10.6 Å². The van der Waals surface area contributed by atoms with Gasteiger partial charge in [0, 0.05) is 16.7 Å². The molecular weight excluding hydrogens is 267 g/mol. The summed E-state index contributed by atoms with van der Waals surface area (Å²) >= 11 is 6.10. The Kier molecular flexibility index (Phi) is 2.99. The SMILES string of the molecule is O=C1CC(c2ccccc2Cl)Oc2cc(F)ccc21. The van der Waals surface area contributed by atoms with Crippen LogP contribution in [0.25, 0.3) is 0 Å². The van der Waals surface area contributed by atoms with Crippen LogP contribution in [0, 0.1) is 5.82 Å². The van der Waals surface area contributed by atoms with Crippen LogP contribution in [0.4, 0.5) is 4.39 Å². The Morgan fingerprint density at radius 3 is 2.79 bits per heavy atom. The second-order valence-electron chi connectivity index (χ2n) is 4.40. The topological polar surface area (TPSA) is 26.3 Å². The van der Waals surface area contributed by atoms with E-state index in [1.807, 2.05) is 18.2 Å². The molecule has 0 amide bonds. The zero-order valence-corrected chi connectivity index (χ0v) is 10.7. The molecule has 0 bridgehead atoms. The summed E-state index contributed by atoms with van der Waals surface area (Å²) in [5.41, 5.74) is 1.16. The number of benzene rings is 2. The van der Waals surface area contributed by atoms with E-state index in [2.05, 4.69) is 0 Å². The number of Topliss-reactive ketones (excluding diaryl/α,β-unsaturated/α-hetero) is 1. The molecule has 96 valence electrons. The van der Waals surface area contributed by atoms with Crippen molar-refractivity contribution in [3.05, 3.63) is 64.4 Å². The second kappa shape index (κ2) is 4.67. The lowest BCUT2D eigenvalue weighted by Crippen LogP contribution is -2.20. The molecule has 2 aromatic carbocycles. The summed E-state index contributed by atoms with van der Waals surface area (Å²) in [4.78, 5) is 12.0. The van der Waals surface area contributed by atoms with Gasteiger partial charge in [-0.25, -0.2) is 4.39 Å². The highest BCUT2D eigenvalue weighted by Gasteiger charge is 2.28. The minimum absolute atomic E-state index is 0.0637. The van der Waals surface area contributed by atoms with Crippen LogP contribution >= 0.6 is 11.6 Å². The smallest absolute Gasteiger partial charge is 0.170 e. The maximum Gasteiger partial charge on any atom is 0.170 e. The molecule has 0 saturated carbocycles. The molecule has 0 radical (unpaired) electrons. The third-order valence-corrected chi connectivity index (χ3v) is 3.48. The lowest BCUT2D eigenvalue weighted by atomic mass is 9.96. The Labute approximate surface area is 114 Å². The summed E-state index contributed by atoms with van der Waals surface area (Å²) in [6, 6.07) is 11.1. The second-order valence-corrected chi connectivity index (χ2v) is 4.80. The molecule has 0 fully saturated rings. The predicted octanol–water partition coefficient (Wildman–Crippen LogP) is 4.19. The van der Waals surface area contributed by atoms with Crippen LogP contribution in [0.15, 0.2) is 42.5 Å². The average molecular weight is 277 g/mol. The number of hydrogen-bond donors (Lipinski definition) is 0. The maximum absolute atomic E-state index is 13.2. The summed E-state index contributed by atoms with van der Waals surface area (Å²) in [5, 5.41) is 0.542. The van der Waals surface area contributed by atoms with Crippen LogP contribution in [-0.2, 0) is 0 Å². The van der Waals surface area contributed by atoms with Crippen molar-refractivity contribution in [3.8, 4) is 5.75 Å². The first kappa shape index (κ1) is 12.2. The molecule has 1 aliphatic heterocycles. The van der Waals surface area contributed by atoms with E-state index in [1.165, 1.54) is 18.2 Å². The third-order valence-electron chi connectivity index (χ3n) is 3.14. The van der Waals surface area contributed by atoms with Gasteiger partial charge in [0.15, 0.2) is 5.78 Å². The van der Waals surface area contributed by atoms with Gasteiger partial charge in [-0.15, -0.1) is 0 Å². The fraction of sp³-hybridized carbons (Fsp3) is 0.133. The molecule has 1 unspecified atom stereocenters. The van der Waals surface area contributed by atoms with Crippen molar-refractivity contribution in [2.24, 2.45) is 0 Å². The zero-order valence-electron chi connectivity index (χ0n) is 9.90. The lowest BCUT2D eigenvalue weighted by molar-refractivity contribution is 0.0849. The molecule has 0 saturated heterocycles. The molecular formula is C15H10ClFO2. The van der Waals surface area contributed by atoms with Crippen molar-refractivity contribution in [2.45, 2.75) is 12.5 Å². The van der Waals surface area contributed by atoms with E-state index in [-0.39, 0.29) is 18.0 Å². The van der Waals surface area contributed by atoms with E-state index in [4.69, 9.17) is 16.3 Å². The molecule has 4 heteroatoms. The number of fused-ring (bicyclic) bond motifs is 1. The first-order valence-corrected chi connectivity index (χ1v) is 6.27. The Balaban J connectivity index is 2.01. The van der Waals surface area contributed by atoms with E-state index in [9.17, 15) is 9.18 Å². The van der Waals surface area contributed by atoms with Crippen molar-refractivity contribution >= 4 is 17.4 Å². The molecule has 0 aromatic heterocycles. The van der Waals surface area contributed by atoms with Gasteiger partial charge in [-0.2, -0.15) is 0 Å². The lowest BCUT2D eigenvalue weighted by Gasteiger charge is -2.26. The van der Waals surface area contributed by atoms with E-state index >= 15 is 0 Å². The van der Waals surface area contributed by atoms with Crippen LogP contribution < -0.4 is 4.74 Å². The highest BCUT2D eigenvalue weighted by atomic mass is 35.5. The fourth-order valence-electron chi connectivity index (χ4n) is 2.21. The minimum atomic E-state index is -0.463. The minimum Gasteiger partial charge on any atom is -0.484 e. The molecule has 0 spiro atoms. The van der Waals surface area contributed by atoms with Gasteiger partial charge >= 0.3 is 0 Å². The Bertz CT molecular complexity index is 654. The summed E-state index contributed by atoms with van der Waals surface area (Å²) < 4.78 is 18.9. The van der Waals surface area contributed by atoms with Crippen molar-refractivity contribution in [1.29, 1.82) is 0 Å². The first-order chi connectivity index (χ1) is 9.15. The molecule has 0 N–H and O–H groups in total. The number of ketones is 1. The van der Waals surface area contributed by atoms with Crippen LogP contribution in [-0.4, -0.2) is 5.78 Å². The Morgan fingerprint density at radius 1 is 1.21 bits per heavy atom. The summed E-state index contributed by atoms with van der Waals surface area (Å²) in [5.74, 6) is -0.210. The van der Waals surface area contributed by atoms with Crippen LogP contribution in [0.2, 0.25) is 5.02 Å². The van der Waals surface area contributed by atoms with Gasteiger partial charge in [0.25, 0.3) is 0 Å². The van der Waals surface area contributed by atoms with Gasteiger partial charge in [0.2, 0.25) is 0 Å². The van der Waals surface area contributed by atoms with Gasteiger partial charge in [-0.05, 0) is 18.2 Å². The van der Waals surface area contributed by atoms with Crippen LogP contribution in [0.3, 0.4) is 0 Å². The van der Waals surface area contributed by atoms with E-state index in [0.717, 1.165) is 5.56 Å². The molecule has 0 aliphatic carbocycles. The molecule has 1 heterocycles. The van der Waals surface area contributed by atoms with Crippen LogP contribution in [0.5, 0.6) is 5.75 Å². The summed E-state index contributed by atoms with van der Waals surface area (Å²) in [7, 11) is 0. The van der Waals surface area contributed by atoms with Crippen molar-refractivity contribution in [2.75, 3.05) is 0 Å². The molecule has 3 rings (SSSR count). The number of rotatable bonds is 1. The molecule has 19 heavy (non-hydrogen) atoms. The molecule has 2 aromatic rings. The van der Waals surface area contributed by atoms with Gasteiger partial charge in [-0.1, -0.05) is 29.8 Å². The van der Waals surface area contributed by atoms with E-state index < -0.39 is 11.9 Å². The molecule has 1 atom stereocenters. The summed E-state index contributed by atoms with van der Waals surface area (Å²) in [6.07, 6.45) is -0.252. The largest absolute Gasteiger partial charge is 0.484 e. The van der Waals surface area contributed by atoms with Gasteiger partial charge in [-0.3, -0.25) is 4.79 Å². The Morgan fingerprint density at radius 2 is 2.00 bits per heavy atom. The van der Waals surface area contributed by atoms with Crippen molar-refractivity contribution in [1.82, 2.24) is 0 Å². The normalized spacial score (nSPS) is 17.8. The van der Waals surface area contributed by atoms with E-state index in [1.54, 1.807) is 6.07 Å². The van der Waals surface area contributed by atoms with Gasteiger partial charge < -0.3 is 4.74 Å². The van der Waals surface area contributed by atoms with Crippen molar-refractivity contribution in [3.63, 3.8) is 0 Å². The third kappa shape index (κ3) is 2.22. The standard InChI is InChI=1S/C15H10ClFO2/c16-12-4-2-1-3-10(12)15-8-13(18)11-6-5-9(17)7-14(11)19-15/h1-7,15H,8H2. The molecule has 2 nitrogen and oxygen atoms in total. The highest BCUT2D eigenvalue weighted by Crippen LogP contribution is 2.37. The number of carbonyl (C=O) groups is 1. The van der Waals surface area contributed by atoms with Crippen LogP contribution in [0.1, 0.15) is 28.4 Å². The first-order valence-electron chi connectivity index (χ1n) is 5.89. The number of hydrogen-bond acceptors (Lipinski definition) is 2. The highest BCUT2D eigenvalue weighted by molar-refractivity contribution is 6.31.